The molecule has 180 valence electrons. The lowest BCUT2D eigenvalue weighted by Gasteiger charge is -2.24. The molecule has 0 N–H and O–H groups in total. The molecule has 0 spiro atoms. The normalized spacial score (nSPS) is 20.2. The first-order valence-electron chi connectivity index (χ1n) is 11.8. The van der Waals surface area contributed by atoms with E-state index in [1.807, 2.05) is 45.2 Å². The maximum Gasteiger partial charge on any atom is 0.415 e. The molecule has 4 heterocycles. The summed E-state index contributed by atoms with van der Waals surface area (Å²) in [5.41, 5.74) is 1.78. The number of carbonyl (C=O) groups excluding carboxylic acids is 2. The Morgan fingerprint density at radius 2 is 2.03 bits per heavy atom. The fourth-order valence-electron chi connectivity index (χ4n) is 4.68. The van der Waals surface area contributed by atoms with Gasteiger partial charge >= 0.3 is 6.09 Å². The summed E-state index contributed by atoms with van der Waals surface area (Å²) in [5, 5.41) is 14.2. The number of aromatic nitrogens is 3. The number of amides is 2. The Kier molecular flexibility index (Phi) is 5.28. The molecule has 0 aromatic carbocycles. The van der Waals surface area contributed by atoms with Crippen LogP contribution in [0.5, 0.6) is 0 Å². The largest absolute Gasteiger partial charge is 0.443 e. The maximum absolute atomic E-state index is 13.3. The lowest BCUT2D eigenvalue weighted by atomic mass is 9.83. The van der Waals surface area contributed by atoms with Gasteiger partial charge in [0.25, 0.3) is 0 Å². The summed E-state index contributed by atoms with van der Waals surface area (Å²) in [6.45, 7) is 5.97. The Bertz CT molecular complexity index is 1350. The Morgan fingerprint density at radius 1 is 1.26 bits per heavy atom. The molecule has 0 radical (unpaired) electrons. The van der Waals surface area contributed by atoms with Crippen LogP contribution in [-0.2, 0) is 9.53 Å². The zero-order valence-corrected chi connectivity index (χ0v) is 20.4. The Balaban J connectivity index is 1.41. The minimum atomic E-state index is -0.893. The highest BCUT2D eigenvalue weighted by Crippen LogP contribution is 2.52. The van der Waals surface area contributed by atoms with Crippen LogP contribution in [0.1, 0.15) is 40.0 Å². The second kappa shape index (κ2) is 8.08. The first-order chi connectivity index (χ1) is 16.6. The molecule has 5 rings (SSSR count). The smallest absolute Gasteiger partial charge is 0.415 e. The van der Waals surface area contributed by atoms with Crippen LogP contribution in [0.2, 0.25) is 0 Å². The lowest BCUT2D eigenvalue weighted by Crippen LogP contribution is -2.35. The molecule has 0 unspecified atom stereocenters. The van der Waals surface area contributed by atoms with Crippen LogP contribution in [0.25, 0.3) is 16.6 Å². The number of hydrogen-bond acceptors (Lipinski definition) is 6. The number of ether oxygens (including phenoxy) is 1. The third kappa shape index (κ3) is 3.99. The molecule has 9 nitrogen and oxygen atoms in total. The molecule has 35 heavy (non-hydrogen) atoms. The van der Waals surface area contributed by atoms with E-state index in [2.05, 4.69) is 16.2 Å². The number of nitriles is 1. The molecule has 2 aliphatic rings. The van der Waals surface area contributed by atoms with Gasteiger partial charge in [-0.05, 0) is 70.2 Å². The van der Waals surface area contributed by atoms with Gasteiger partial charge in [-0.2, -0.15) is 10.4 Å². The van der Waals surface area contributed by atoms with E-state index in [0.717, 1.165) is 35.2 Å². The molecule has 1 aliphatic heterocycles. The summed E-state index contributed by atoms with van der Waals surface area (Å²) in [4.78, 5) is 33.2. The van der Waals surface area contributed by atoms with Crippen molar-refractivity contribution in [1.82, 2.24) is 14.6 Å². The molecule has 2 amide bonds. The van der Waals surface area contributed by atoms with Gasteiger partial charge in [0.15, 0.2) is 0 Å². The summed E-state index contributed by atoms with van der Waals surface area (Å²) >= 11 is 0. The van der Waals surface area contributed by atoms with Gasteiger partial charge in [-0.15, -0.1) is 0 Å². The summed E-state index contributed by atoms with van der Waals surface area (Å²) < 4.78 is 7.14. The van der Waals surface area contributed by atoms with Gasteiger partial charge in [0, 0.05) is 43.3 Å². The second-order valence-corrected chi connectivity index (χ2v) is 10.3. The third-order valence-electron chi connectivity index (χ3n) is 6.70. The fraction of sp³-hybridized carbons (Fsp3) is 0.423. The van der Waals surface area contributed by atoms with Crippen LogP contribution < -0.4 is 9.80 Å². The van der Waals surface area contributed by atoms with E-state index in [1.54, 1.807) is 34.9 Å². The van der Waals surface area contributed by atoms with Gasteiger partial charge in [-0.1, -0.05) is 0 Å². The zero-order chi connectivity index (χ0) is 25.0. The molecule has 3 aromatic heterocycles. The predicted molar refractivity (Wildman–Crippen MR) is 131 cm³/mol. The van der Waals surface area contributed by atoms with E-state index in [9.17, 15) is 14.9 Å². The lowest BCUT2D eigenvalue weighted by molar-refractivity contribution is -0.123. The number of rotatable bonds is 4. The molecule has 3 aromatic rings. The van der Waals surface area contributed by atoms with Crippen LogP contribution >= 0.6 is 0 Å². The molecule has 1 aliphatic carbocycles. The summed E-state index contributed by atoms with van der Waals surface area (Å²) in [7, 11) is 1.62. The molecular formula is C26H28N6O3. The number of pyridine rings is 1. The van der Waals surface area contributed by atoms with Crippen molar-refractivity contribution in [2.45, 2.75) is 45.6 Å². The monoisotopic (exact) mass is 472 g/mol. The van der Waals surface area contributed by atoms with Crippen molar-refractivity contribution in [3.63, 3.8) is 0 Å². The van der Waals surface area contributed by atoms with Crippen LogP contribution in [0.3, 0.4) is 0 Å². The summed E-state index contributed by atoms with van der Waals surface area (Å²) in [6.07, 6.45) is 7.22. The summed E-state index contributed by atoms with van der Waals surface area (Å²) in [6, 6.07) is 9.78. The topological polar surface area (TPSA) is 104 Å². The predicted octanol–water partition coefficient (Wildman–Crippen LogP) is 4.42. The van der Waals surface area contributed by atoms with Crippen LogP contribution in [0.15, 0.2) is 42.9 Å². The van der Waals surface area contributed by atoms with Crippen molar-refractivity contribution >= 4 is 29.0 Å². The average Bonchev–Trinajstić information content (AvgIpc) is 3.49. The molecule has 1 saturated heterocycles. The second-order valence-electron chi connectivity index (χ2n) is 10.3. The fourth-order valence-corrected chi connectivity index (χ4v) is 4.68. The van der Waals surface area contributed by atoms with Crippen molar-refractivity contribution in [3.8, 4) is 17.2 Å². The highest BCUT2D eigenvalue weighted by molar-refractivity contribution is 6.05. The number of anilines is 2. The third-order valence-corrected chi connectivity index (χ3v) is 6.70. The van der Waals surface area contributed by atoms with Gasteiger partial charge in [0.2, 0.25) is 5.91 Å². The van der Waals surface area contributed by atoms with E-state index < -0.39 is 17.1 Å². The zero-order valence-electron chi connectivity index (χ0n) is 20.4. The molecule has 9 heteroatoms. The Hall–Kier alpha value is -3.93. The van der Waals surface area contributed by atoms with Gasteiger partial charge in [0.1, 0.15) is 16.8 Å². The van der Waals surface area contributed by atoms with Crippen molar-refractivity contribution in [2.24, 2.45) is 11.3 Å². The molecular weight excluding hydrogens is 444 g/mol. The number of carbonyl (C=O) groups is 2. The molecule has 1 saturated carbocycles. The van der Waals surface area contributed by atoms with E-state index in [4.69, 9.17) is 4.74 Å². The average molecular weight is 473 g/mol. The van der Waals surface area contributed by atoms with Gasteiger partial charge < -0.3 is 9.64 Å². The number of hydrogen-bond donors (Lipinski definition) is 0. The SMILES string of the molecule is CN(C(=O)OC(C)(C)C)c1ccc(-c2cc3c(N4CC[C@@](C#N)(C5CC5)C4=O)ccnn3c2)cn1. The van der Waals surface area contributed by atoms with E-state index in [1.165, 1.54) is 4.90 Å². The highest BCUT2D eigenvalue weighted by Gasteiger charge is 2.57. The van der Waals surface area contributed by atoms with E-state index in [-0.39, 0.29) is 11.8 Å². The van der Waals surface area contributed by atoms with Crippen molar-refractivity contribution in [2.75, 3.05) is 23.4 Å². The minimum absolute atomic E-state index is 0.102. The number of nitrogens with zero attached hydrogens (tertiary/aromatic N) is 6. The Labute approximate surface area is 203 Å². The molecule has 1 atom stereocenters. The highest BCUT2D eigenvalue weighted by atomic mass is 16.6. The van der Waals surface area contributed by atoms with Gasteiger partial charge in [0.05, 0.1) is 17.3 Å². The van der Waals surface area contributed by atoms with Crippen LogP contribution in [0, 0.1) is 22.7 Å². The van der Waals surface area contributed by atoms with E-state index >= 15 is 0 Å². The Morgan fingerprint density at radius 3 is 2.66 bits per heavy atom. The summed E-state index contributed by atoms with van der Waals surface area (Å²) in [5.74, 6) is 0.546. The molecule has 0 bridgehead atoms. The quantitative estimate of drug-likeness (QED) is 0.557. The molecule has 2 fully saturated rings. The van der Waals surface area contributed by atoms with E-state index in [0.29, 0.717) is 18.8 Å². The van der Waals surface area contributed by atoms with Crippen LogP contribution in [0.4, 0.5) is 16.3 Å². The van der Waals surface area contributed by atoms with Crippen molar-refractivity contribution < 1.29 is 14.3 Å². The number of fused-ring (bicyclic) bond motifs is 1. The van der Waals surface area contributed by atoms with Crippen molar-refractivity contribution in [3.05, 3.63) is 42.9 Å². The van der Waals surface area contributed by atoms with Crippen molar-refractivity contribution in [1.29, 1.82) is 5.26 Å². The van der Waals surface area contributed by atoms with Gasteiger partial charge in [-0.3, -0.25) is 9.69 Å². The van der Waals surface area contributed by atoms with Gasteiger partial charge in [-0.25, -0.2) is 14.3 Å². The maximum atomic E-state index is 13.3. The first kappa shape index (κ1) is 22.8. The standard InChI is InChI=1S/C26H28N6O3/c1-25(2,3)35-24(34)30(4)22-8-5-17(14-28-22)18-13-21-20(9-11-29-32(21)15-18)31-12-10-26(16-27,23(31)33)19-6-7-19/h5,8-9,11,13-15,19H,6-7,10,12H2,1-4H3/t26-/m1/s1. The first-order valence-corrected chi connectivity index (χ1v) is 11.8. The van der Waals surface area contributed by atoms with Crippen LogP contribution in [-0.4, -0.2) is 45.8 Å². The minimum Gasteiger partial charge on any atom is -0.443 e.